The maximum absolute atomic E-state index is 13.5. The van der Waals surface area contributed by atoms with Crippen LogP contribution in [0.5, 0.6) is 5.75 Å². The largest absolute Gasteiger partial charge is 0.490 e. The molecule has 1 aliphatic heterocycles. The fourth-order valence-corrected chi connectivity index (χ4v) is 7.40. The minimum Gasteiger partial charge on any atom is -0.487 e. The highest BCUT2D eigenvalue weighted by molar-refractivity contribution is 7.22. The second-order valence-corrected chi connectivity index (χ2v) is 13.7. The smallest absolute Gasteiger partial charge is 0.487 e. The normalized spacial score (nSPS) is 14.9. The van der Waals surface area contributed by atoms with Gasteiger partial charge in [0, 0.05) is 55.0 Å². The van der Waals surface area contributed by atoms with Gasteiger partial charge < -0.3 is 30.3 Å². The summed E-state index contributed by atoms with van der Waals surface area (Å²) in [7, 11) is 0. The van der Waals surface area contributed by atoms with Gasteiger partial charge in [-0.2, -0.15) is 18.3 Å². The van der Waals surface area contributed by atoms with Crippen LogP contribution in [0.1, 0.15) is 16.8 Å². The van der Waals surface area contributed by atoms with Gasteiger partial charge in [0.25, 0.3) is 0 Å². The lowest BCUT2D eigenvalue weighted by atomic mass is 9.95. The van der Waals surface area contributed by atoms with Crippen LogP contribution in [0.3, 0.4) is 0 Å². The van der Waals surface area contributed by atoms with Gasteiger partial charge in [-0.1, -0.05) is 23.7 Å². The summed E-state index contributed by atoms with van der Waals surface area (Å²) in [6.45, 7) is 6.43. The minimum atomic E-state index is -5.08. The number of fused-ring (bicyclic) bond motifs is 5. The van der Waals surface area contributed by atoms with Crippen LogP contribution in [-0.4, -0.2) is 99.0 Å². The van der Waals surface area contributed by atoms with E-state index in [9.17, 15) is 22.7 Å². The first-order valence-corrected chi connectivity index (χ1v) is 17.9. The molecule has 7 rings (SSSR count). The Morgan fingerprint density at radius 1 is 1.13 bits per heavy atom. The predicted molar refractivity (Wildman–Crippen MR) is 191 cm³/mol. The predicted octanol–water partition coefficient (Wildman–Crippen LogP) is 5.68. The van der Waals surface area contributed by atoms with Gasteiger partial charge in [0.2, 0.25) is 0 Å². The second-order valence-electron chi connectivity index (χ2n) is 12.3. The van der Waals surface area contributed by atoms with Crippen LogP contribution in [0.15, 0.2) is 55.0 Å². The lowest BCUT2D eigenvalue weighted by molar-refractivity contribution is -0.192. The van der Waals surface area contributed by atoms with Gasteiger partial charge in [-0.25, -0.2) is 19.2 Å². The number of benzene rings is 2. The number of aliphatic hydroxyl groups excluding tert-OH is 1. The summed E-state index contributed by atoms with van der Waals surface area (Å²) in [5, 5.41) is 30.9. The van der Waals surface area contributed by atoms with E-state index in [-0.39, 0.29) is 12.4 Å². The number of halogens is 5. The highest BCUT2D eigenvalue weighted by Crippen LogP contribution is 2.45. The van der Waals surface area contributed by atoms with Gasteiger partial charge in [0.15, 0.2) is 0 Å². The third kappa shape index (κ3) is 9.98. The van der Waals surface area contributed by atoms with Gasteiger partial charge in [0.1, 0.15) is 35.1 Å². The Labute approximate surface area is 310 Å². The quantitative estimate of drug-likeness (QED) is 0.0917. The number of carbonyl (C=O) groups is 1. The zero-order chi connectivity index (χ0) is 37.5. The molecule has 1 aliphatic carbocycles. The van der Waals surface area contributed by atoms with Crippen molar-refractivity contribution in [3.8, 4) is 16.2 Å². The molecule has 5 aromatic rings. The van der Waals surface area contributed by atoms with E-state index in [0.29, 0.717) is 29.7 Å². The molecule has 1 saturated heterocycles. The molecule has 4 heterocycles. The lowest BCUT2D eigenvalue weighted by Gasteiger charge is -2.26. The molecule has 2 aromatic carbocycles. The maximum Gasteiger partial charge on any atom is 0.490 e. The molecular formula is C35H36ClF4N7O5S. The first-order chi connectivity index (χ1) is 25.4. The van der Waals surface area contributed by atoms with Gasteiger partial charge in [-0.05, 0) is 54.3 Å². The van der Waals surface area contributed by atoms with E-state index in [2.05, 4.69) is 25.5 Å². The molecule has 53 heavy (non-hydrogen) atoms. The number of anilines is 2. The molecular weight excluding hydrogens is 742 g/mol. The van der Waals surface area contributed by atoms with E-state index >= 15 is 0 Å². The van der Waals surface area contributed by atoms with E-state index in [1.165, 1.54) is 17.7 Å². The molecule has 0 saturated carbocycles. The van der Waals surface area contributed by atoms with Crippen molar-refractivity contribution in [2.24, 2.45) is 0 Å². The first kappa shape index (κ1) is 38.3. The summed E-state index contributed by atoms with van der Waals surface area (Å²) in [6.07, 6.45) is -0.396. The van der Waals surface area contributed by atoms with Crippen LogP contribution in [0, 0.1) is 5.82 Å². The van der Waals surface area contributed by atoms with Crippen LogP contribution in [0.2, 0.25) is 5.02 Å². The molecule has 0 spiro atoms. The Kier molecular flexibility index (Phi) is 12.4. The van der Waals surface area contributed by atoms with Crippen molar-refractivity contribution in [3.05, 3.63) is 82.6 Å². The summed E-state index contributed by atoms with van der Waals surface area (Å²) in [4.78, 5) is 22.5. The summed E-state index contributed by atoms with van der Waals surface area (Å²) >= 11 is 8.20. The van der Waals surface area contributed by atoms with Crippen molar-refractivity contribution in [2.75, 3.05) is 51.3 Å². The van der Waals surface area contributed by atoms with Crippen LogP contribution in [0.25, 0.3) is 20.7 Å². The van der Waals surface area contributed by atoms with Gasteiger partial charge in [-0.15, -0.1) is 11.3 Å². The topological polar surface area (TPSA) is 147 Å². The highest BCUT2D eigenvalue weighted by Gasteiger charge is 2.38. The number of nitrogens with one attached hydrogen (secondary N) is 2. The SMILES string of the molecule is O=C(O)C(F)(F)F.O[C@H](CNCCN1CCOCC1)Cn1cc2c(n1)CCc1c-2sc2ncnc(Nc3ccc(OCc4cccc(F)c4)c(Cl)c3)c12. The monoisotopic (exact) mass is 777 g/mol. The fourth-order valence-electron chi connectivity index (χ4n) is 5.95. The number of morpholine rings is 1. The second kappa shape index (κ2) is 17.2. The summed E-state index contributed by atoms with van der Waals surface area (Å²) in [6, 6.07) is 11.8. The highest BCUT2D eigenvalue weighted by atomic mass is 35.5. The number of alkyl halides is 3. The Bertz CT molecular complexity index is 2040. The third-order valence-corrected chi connectivity index (χ3v) is 9.96. The van der Waals surface area contributed by atoms with Crippen LogP contribution in [0.4, 0.5) is 29.1 Å². The van der Waals surface area contributed by atoms with Gasteiger partial charge >= 0.3 is 12.1 Å². The number of carboxylic acids is 1. The van der Waals surface area contributed by atoms with Crippen LogP contribution in [-0.2, 0) is 35.5 Å². The van der Waals surface area contributed by atoms with Crippen molar-refractivity contribution >= 4 is 50.6 Å². The summed E-state index contributed by atoms with van der Waals surface area (Å²) < 4.78 is 58.4. The average Bonchev–Trinajstić information content (AvgIpc) is 3.72. The number of aliphatic carboxylic acids is 1. The number of thiophene rings is 1. The zero-order valence-electron chi connectivity index (χ0n) is 28.2. The van der Waals surface area contributed by atoms with E-state index in [1.807, 2.05) is 16.9 Å². The number of nitrogens with zero attached hydrogens (tertiary/aromatic N) is 5. The first-order valence-electron chi connectivity index (χ1n) is 16.7. The number of hydrogen-bond acceptors (Lipinski definition) is 11. The Balaban J connectivity index is 0.000000626. The zero-order valence-corrected chi connectivity index (χ0v) is 29.8. The fraction of sp³-hybridized carbons (Fsp3) is 0.371. The lowest BCUT2D eigenvalue weighted by Crippen LogP contribution is -2.41. The maximum atomic E-state index is 13.5. The standard InChI is InChI=1S/C33H35ClFN7O3S.C2HF3O2/c34-27-15-23(4-7-29(27)45-19-21-2-1-3-22(35)14-21)39-32-30-25-5-6-28-26(31(25)46-33(30)38-20-37-32)18-42(40-28)17-24(43)16-36-8-9-41-10-12-44-13-11-41;3-2(4,5)1(6)7/h1-4,7,14-15,18,20,24,36,43H,5-6,8-13,16-17,19H2,(H,37,38,39);(H,6,7)/t24-;/m1./s1. The molecule has 0 amide bonds. The van der Waals surface area contributed by atoms with Gasteiger partial charge in [-0.3, -0.25) is 9.58 Å². The Hall–Kier alpha value is -4.39. The van der Waals surface area contributed by atoms with E-state index < -0.39 is 18.2 Å². The molecule has 12 nitrogen and oxygen atoms in total. The van der Waals surface area contributed by atoms with Crippen molar-refractivity contribution in [2.45, 2.75) is 38.3 Å². The molecule has 282 valence electrons. The van der Waals surface area contributed by atoms with E-state index in [4.69, 9.17) is 36.1 Å². The van der Waals surface area contributed by atoms with Gasteiger partial charge in [0.05, 0.1) is 42.0 Å². The van der Waals surface area contributed by atoms with E-state index in [1.54, 1.807) is 41.9 Å². The molecule has 3 aromatic heterocycles. The van der Waals surface area contributed by atoms with Crippen LogP contribution < -0.4 is 15.4 Å². The molecule has 18 heteroatoms. The molecule has 0 unspecified atom stereocenters. The number of aromatic nitrogens is 4. The number of rotatable bonds is 12. The van der Waals surface area contributed by atoms with Crippen molar-refractivity contribution in [3.63, 3.8) is 0 Å². The third-order valence-electron chi connectivity index (χ3n) is 8.49. The number of hydrogen-bond donors (Lipinski definition) is 4. The Morgan fingerprint density at radius 3 is 2.66 bits per heavy atom. The number of carboxylic acid groups (broad SMARTS) is 1. The number of aryl methyl sites for hydroxylation is 2. The van der Waals surface area contributed by atoms with E-state index in [0.717, 1.165) is 89.8 Å². The summed E-state index contributed by atoms with van der Waals surface area (Å²) in [5.41, 5.74) is 4.81. The molecule has 1 atom stereocenters. The molecule has 1 fully saturated rings. The van der Waals surface area contributed by atoms with Crippen molar-refractivity contribution < 1.29 is 42.0 Å². The Morgan fingerprint density at radius 2 is 1.92 bits per heavy atom. The molecule has 4 N–H and O–H groups in total. The van der Waals surface area contributed by atoms with Crippen LogP contribution >= 0.6 is 22.9 Å². The molecule has 2 aliphatic rings. The minimum absolute atomic E-state index is 0.210. The molecule has 0 bridgehead atoms. The van der Waals surface area contributed by atoms with Crippen molar-refractivity contribution in [1.82, 2.24) is 30.0 Å². The number of aliphatic hydroxyl groups is 1. The average molecular weight is 778 g/mol. The molecule has 0 radical (unpaired) electrons. The van der Waals surface area contributed by atoms with Crippen molar-refractivity contribution in [1.29, 1.82) is 0 Å². The summed E-state index contributed by atoms with van der Waals surface area (Å²) in [5.74, 6) is -1.84. The number of ether oxygens (including phenoxy) is 2.